The average Bonchev–Trinajstić information content (AvgIpc) is 3.22. The number of benzene rings is 9. The highest BCUT2D eigenvalue weighted by atomic mass is 14.2. The molecule has 0 atom stereocenters. The van der Waals surface area contributed by atoms with E-state index in [0.717, 1.165) is 0 Å². The van der Waals surface area contributed by atoms with Crippen LogP contribution in [0.3, 0.4) is 0 Å². The second kappa shape index (κ2) is 13.0. The summed E-state index contributed by atoms with van der Waals surface area (Å²) in [5, 5.41) is 11.8. The largest absolute Gasteiger partial charge is 0.0622 e. The summed E-state index contributed by atoms with van der Waals surface area (Å²) in [7, 11) is 0. The van der Waals surface area contributed by atoms with Crippen LogP contribution in [0.25, 0.3) is 83.1 Å². The highest BCUT2D eigenvalue weighted by Gasteiger charge is 2.18. The molecule has 54 heavy (non-hydrogen) atoms. The van der Waals surface area contributed by atoms with Gasteiger partial charge < -0.3 is 0 Å². The van der Waals surface area contributed by atoms with Gasteiger partial charge >= 0.3 is 0 Å². The fourth-order valence-electron chi connectivity index (χ4n) is 8.64. The van der Waals surface area contributed by atoms with E-state index < -0.39 is 0 Å². The molecule has 0 heteroatoms. The van der Waals surface area contributed by atoms with Crippen LogP contribution in [0, 0.1) is 13.8 Å². The minimum atomic E-state index is 1.21. The van der Waals surface area contributed by atoms with Gasteiger partial charge in [-0.2, -0.15) is 0 Å². The van der Waals surface area contributed by atoms with Crippen molar-refractivity contribution in [1.82, 2.24) is 0 Å². The quantitative estimate of drug-likeness (QED) is 0.121. The van der Waals surface area contributed by atoms with Crippen LogP contribution < -0.4 is 5.22 Å². The van der Waals surface area contributed by atoms with Gasteiger partial charge in [-0.25, -0.2) is 0 Å². The molecule has 0 unspecified atom stereocenters. The maximum absolute atomic E-state index is 2.38. The molecular weight excluding hydrogens is 649 g/mol. The van der Waals surface area contributed by atoms with E-state index >= 15 is 0 Å². The Hall–Kier alpha value is -6.76. The van der Waals surface area contributed by atoms with Gasteiger partial charge in [-0.15, -0.1) is 0 Å². The van der Waals surface area contributed by atoms with Gasteiger partial charge in [-0.05, 0) is 136 Å². The lowest BCUT2D eigenvalue weighted by atomic mass is 9.84. The van der Waals surface area contributed by atoms with E-state index in [2.05, 4.69) is 208 Å². The van der Waals surface area contributed by atoms with E-state index in [0.29, 0.717) is 0 Å². The third kappa shape index (κ3) is 5.30. The first-order valence-electron chi connectivity index (χ1n) is 18.8. The normalized spacial score (nSPS) is 11.5. The average molecular weight is 687 g/mol. The molecule has 0 aliphatic rings. The van der Waals surface area contributed by atoms with Crippen LogP contribution in [0.5, 0.6) is 0 Å². The van der Waals surface area contributed by atoms with Crippen LogP contribution in [-0.4, -0.2) is 0 Å². The predicted molar refractivity (Wildman–Crippen MR) is 233 cm³/mol. The molecule has 0 radical (unpaired) electrons. The van der Waals surface area contributed by atoms with Crippen molar-refractivity contribution in [2.75, 3.05) is 0 Å². The zero-order valence-electron chi connectivity index (χ0n) is 30.5. The fourth-order valence-corrected chi connectivity index (χ4v) is 8.64. The van der Waals surface area contributed by atoms with Gasteiger partial charge in [-0.1, -0.05) is 182 Å². The van der Waals surface area contributed by atoms with Crippen LogP contribution in [0.15, 0.2) is 182 Å². The van der Waals surface area contributed by atoms with E-state index in [4.69, 9.17) is 0 Å². The summed E-state index contributed by atoms with van der Waals surface area (Å²) >= 11 is 0. The molecule has 0 heterocycles. The van der Waals surface area contributed by atoms with Crippen molar-refractivity contribution < 1.29 is 0 Å². The Kier molecular flexibility index (Phi) is 7.70. The van der Waals surface area contributed by atoms with Crippen LogP contribution in [0.4, 0.5) is 0 Å². The zero-order valence-corrected chi connectivity index (χ0v) is 30.5. The monoisotopic (exact) mass is 686 g/mol. The molecule has 0 nitrogen and oxygen atoms in total. The Morgan fingerprint density at radius 1 is 0.389 bits per heavy atom. The molecule has 0 saturated heterocycles. The summed E-state index contributed by atoms with van der Waals surface area (Å²) in [5.41, 5.74) is 13.7. The summed E-state index contributed by atoms with van der Waals surface area (Å²) in [6.45, 7) is 4.49. The molecule has 254 valence electrons. The Bertz CT molecular complexity index is 2950. The molecule has 10 aromatic carbocycles. The highest BCUT2D eigenvalue weighted by molar-refractivity contribution is 6.22. The van der Waals surface area contributed by atoms with Gasteiger partial charge in [0.15, 0.2) is 0 Å². The molecule has 0 aliphatic carbocycles. The minimum absolute atomic E-state index is 1.21. The van der Waals surface area contributed by atoms with Crippen molar-refractivity contribution in [3.63, 3.8) is 0 Å². The number of hydrogen-bond donors (Lipinski definition) is 0. The molecule has 0 fully saturated rings. The van der Waals surface area contributed by atoms with Crippen molar-refractivity contribution in [3.05, 3.63) is 221 Å². The maximum Gasteiger partial charge on any atom is -0.00263 e. The van der Waals surface area contributed by atoms with E-state index in [1.54, 1.807) is 0 Å². The third-order valence-electron chi connectivity index (χ3n) is 11.3. The molecule has 0 spiro atoms. The standard InChI is InChI=1S/C54H38/c1-35-31-42(29-27-40(35)33-50(37-15-5-3-6-16-37)38-17-7-4-8-18-38)53-44-21-9-11-23-46(44)54(47-24-12-10-22-45(47)53)43-30-28-41(36(2)32-43)34-51-48-25-13-19-39-20-14-26-49(51)52(39)48/h3-34H,1-2H3. The van der Waals surface area contributed by atoms with E-state index in [1.165, 1.54) is 110 Å². The molecule has 0 saturated carbocycles. The predicted octanol–water partition coefficient (Wildman–Crippen LogP) is 13.8. The smallest absolute Gasteiger partial charge is 0.00263 e. The molecule has 0 N–H and O–H groups in total. The van der Waals surface area contributed by atoms with Gasteiger partial charge in [0.1, 0.15) is 0 Å². The van der Waals surface area contributed by atoms with Gasteiger partial charge in [-0.3, -0.25) is 0 Å². The van der Waals surface area contributed by atoms with Crippen molar-refractivity contribution in [2.24, 2.45) is 0 Å². The zero-order chi connectivity index (χ0) is 36.2. The number of rotatable bonds is 6. The first-order chi connectivity index (χ1) is 26.6. The molecule has 0 amide bonds. The van der Waals surface area contributed by atoms with Crippen LogP contribution >= 0.6 is 0 Å². The van der Waals surface area contributed by atoms with Crippen molar-refractivity contribution in [3.8, 4) is 22.3 Å². The Labute approximate surface area is 316 Å². The minimum Gasteiger partial charge on any atom is -0.0622 e. The van der Waals surface area contributed by atoms with Crippen molar-refractivity contribution in [2.45, 2.75) is 13.8 Å². The number of hydrogen-bond acceptors (Lipinski definition) is 0. The van der Waals surface area contributed by atoms with E-state index in [1.807, 2.05) is 0 Å². The van der Waals surface area contributed by atoms with Crippen molar-refractivity contribution in [1.29, 1.82) is 0 Å². The first-order valence-corrected chi connectivity index (χ1v) is 18.8. The second-order valence-electron chi connectivity index (χ2n) is 14.5. The number of aryl methyl sites for hydroxylation is 2. The third-order valence-corrected chi connectivity index (χ3v) is 11.3. The molecule has 10 rings (SSSR count). The van der Waals surface area contributed by atoms with Crippen molar-refractivity contribution >= 4 is 60.8 Å². The van der Waals surface area contributed by atoms with Gasteiger partial charge in [0.25, 0.3) is 0 Å². The number of fused-ring (bicyclic) bond motifs is 2. The SMILES string of the molecule is Cc1cc(-c2c3ccccc3c(-c3ccc(C=c4c5cccc6cccc4c65)c(C)c3)c3ccccc23)ccc1C=C(c1ccccc1)c1ccccc1. The summed E-state index contributed by atoms with van der Waals surface area (Å²) in [6, 6.07) is 66.6. The summed E-state index contributed by atoms with van der Waals surface area (Å²) < 4.78 is 0. The first kappa shape index (κ1) is 31.9. The maximum atomic E-state index is 2.38. The summed E-state index contributed by atoms with van der Waals surface area (Å²) in [4.78, 5) is 0. The Morgan fingerprint density at radius 2 is 0.815 bits per heavy atom. The van der Waals surface area contributed by atoms with Gasteiger partial charge in [0.2, 0.25) is 0 Å². The molecule has 10 aromatic rings. The lowest BCUT2D eigenvalue weighted by Gasteiger charge is -2.19. The molecule has 0 bridgehead atoms. The molecule has 0 aromatic heterocycles. The van der Waals surface area contributed by atoms with Crippen LogP contribution in [-0.2, 0) is 0 Å². The fraction of sp³-hybridized carbons (Fsp3) is 0.0370. The lowest BCUT2D eigenvalue weighted by molar-refractivity contribution is 1.44. The Balaban J connectivity index is 1.10. The summed E-state index contributed by atoms with van der Waals surface area (Å²) in [6.07, 6.45) is 4.72. The topological polar surface area (TPSA) is 0 Å². The van der Waals surface area contributed by atoms with Crippen LogP contribution in [0.2, 0.25) is 0 Å². The summed E-state index contributed by atoms with van der Waals surface area (Å²) in [5.74, 6) is 0. The van der Waals surface area contributed by atoms with Gasteiger partial charge in [0.05, 0.1) is 0 Å². The second-order valence-corrected chi connectivity index (χ2v) is 14.5. The highest BCUT2D eigenvalue weighted by Crippen LogP contribution is 2.44. The van der Waals surface area contributed by atoms with Gasteiger partial charge in [0, 0.05) is 0 Å². The van der Waals surface area contributed by atoms with E-state index in [9.17, 15) is 0 Å². The molecule has 0 aliphatic heterocycles. The van der Waals surface area contributed by atoms with E-state index in [-0.39, 0.29) is 0 Å². The van der Waals surface area contributed by atoms with Crippen LogP contribution in [0.1, 0.15) is 33.4 Å². The lowest BCUT2D eigenvalue weighted by Crippen LogP contribution is -2.11. The molecular formula is C54H38. The Morgan fingerprint density at radius 3 is 1.28 bits per heavy atom.